The Labute approximate surface area is 214 Å². The summed E-state index contributed by atoms with van der Waals surface area (Å²) in [4.78, 5) is 32.1. The summed E-state index contributed by atoms with van der Waals surface area (Å²) >= 11 is 1.30. The average molecular weight is 507 g/mol. The van der Waals surface area contributed by atoms with E-state index in [2.05, 4.69) is 18.8 Å². The van der Waals surface area contributed by atoms with Crippen LogP contribution in [0, 0.1) is 0 Å². The zero-order valence-corrected chi connectivity index (χ0v) is 21.9. The van der Waals surface area contributed by atoms with Gasteiger partial charge in [0.1, 0.15) is 12.4 Å². The van der Waals surface area contributed by atoms with Crippen LogP contribution >= 0.6 is 11.3 Å². The summed E-state index contributed by atoms with van der Waals surface area (Å²) < 4.78 is 17.9. The van der Waals surface area contributed by atoms with E-state index in [9.17, 15) is 9.59 Å². The lowest BCUT2D eigenvalue weighted by Gasteiger charge is -2.25. The minimum absolute atomic E-state index is 0.118. The molecule has 1 aromatic heterocycles. The van der Waals surface area contributed by atoms with E-state index in [0.29, 0.717) is 26.5 Å². The maximum absolute atomic E-state index is 13.7. The van der Waals surface area contributed by atoms with E-state index in [-0.39, 0.29) is 18.8 Å². The van der Waals surface area contributed by atoms with E-state index in [1.165, 1.54) is 16.9 Å². The van der Waals surface area contributed by atoms with E-state index in [4.69, 9.17) is 14.2 Å². The number of aromatic nitrogens is 1. The highest BCUT2D eigenvalue weighted by atomic mass is 32.1. The molecule has 188 valence electrons. The van der Waals surface area contributed by atoms with Gasteiger partial charge in [-0.25, -0.2) is 9.79 Å². The SMILES string of the molecule is COCCOC(=O)C1=C(C)N=c2sc(=Cc3ccc(OC)cc3)c(=O)n2C1c1ccc(C(C)C)cc1. The average Bonchev–Trinajstić information content (AvgIpc) is 3.18. The van der Waals surface area contributed by atoms with Crippen molar-refractivity contribution in [3.8, 4) is 5.75 Å². The van der Waals surface area contributed by atoms with Crippen LogP contribution in [0.2, 0.25) is 0 Å². The summed E-state index contributed by atoms with van der Waals surface area (Å²) in [6.45, 7) is 6.43. The van der Waals surface area contributed by atoms with Gasteiger partial charge in [0.15, 0.2) is 4.80 Å². The third-order valence-corrected chi connectivity index (χ3v) is 7.08. The molecule has 0 amide bonds. The second-order valence-electron chi connectivity index (χ2n) is 8.81. The van der Waals surface area contributed by atoms with Gasteiger partial charge in [-0.1, -0.05) is 61.6 Å². The number of methoxy groups -OCH3 is 2. The molecule has 36 heavy (non-hydrogen) atoms. The van der Waals surface area contributed by atoms with E-state index < -0.39 is 12.0 Å². The van der Waals surface area contributed by atoms with Gasteiger partial charge in [0.05, 0.1) is 35.6 Å². The van der Waals surface area contributed by atoms with Crippen LogP contribution in [-0.4, -0.2) is 38.0 Å². The van der Waals surface area contributed by atoms with Gasteiger partial charge in [-0.3, -0.25) is 9.36 Å². The van der Waals surface area contributed by atoms with Gasteiger partial charge in [0, 0.05) is 7.11 Å². The molecule has 8 heteroatoms. The smallest absolute Gasteiger partial charge is 0.338 e. The Morgan fingerprint density at radius 1 is 1.08 bits per heavy atom. The van der Waals surface area contributed by atoms with E-state index in [1.807, 2.05) is 54.6 Å². The van der Waals surface area contributed by atoms with Crippen molar-refractivity contribution in [3.05, 3.63) is 96.2 Å². The second kappa shape index (κ2) is 11.1. The van der Waals surface area contributed by atoms with Gasteiger partial charge in [-0.15, -0.1) is 0 Å². The van der Waals surface area contributed by atoms with Crippen molar-refractivity contribution < 1.29 is 19.0 Å². The van der Waals surface area contributed by atoms with Gasteiger partial charge < -0.3 is 14.2 Å². The van der Waals surface area contributed by atoms with Crippen LogP contribution in [0.4, 0.5) is 0 Å². The van der Waals surface area contributed by atoms with Gasteiger partial charge >= 0.3 is 5.97 Å². The minimum atomic E-state index is -0.643. The highest BCUT2D eigenvalue weighted by Crippen LogP contribution is 2.31. The predicted molar refractivity (Wildman–Crippen MR) is 140 cm³/mol. The number of nitrogens with zero attached hydrogens (tertiary/aromatic N) is 2. The van der Waals surface area contributed by atoms with E-state index in [0.717, 1.165) is 16.9 Å². The lowest BCUT2D eigenvalue weighted by atomic mass is 9.93. The molecule has 1 unspecified atom stereocenters. The molecule has 1 aliphatic heterocycles. The van der Waals surface area contributed by atoms with Crippen molar-refractivity contribution in [3.63, 3.8) is 0 Å². The van der Waals surface area contributed by atoms with Crippen LogP contribution < -0.4 is 19.6 Å². The van der Waals surface area contributed by atoms with Crippen LogP contribution in [0.1, 0.15) is 49.4 Å². The molecule has 0 bridgehead atoms. The van der Waals surface area contributed by atoms with Crippen molar-refractivity contribution in [2.45, 2.75) is 32.7 Å². The minimum Gasteiger partial charge on any atom is -0.497 e. The van der Waals surface area contributed by atoms with Gasteiger partial charge in [-0.2, -0.15) is 0 Å². The highest BCUT2D eigenvalue weighted by Gasteiger charge is 2.33. The maximum Gasteiger partial charge on any atom is 0.338 e. The Kier molecular flexibility index (Phi) is 7.86. The van der Waals surface area contributed by atoms with Gasteiger partial charge in [-0.05, 0) is 47.7 Å². The van der Waals surface area contributed by atoms with Crippen LogP contribution in [0.3, 0.4) is 0 Å². The first-order valence-electron chi connectivity index (χ1n) is 11.8. The van der Waals surface area contributed by atoms with Crippen molar-refractivity contribution in [2.24, 2.45) is 4.99 Å². The molecule has 2 aromatic carbocycles. The number of esters is 1. The van der Waals surface area contributed by atoms with Gasteiger partial charge in [0.25, 0.3) is 5.56 Å². The van der Waals surface area contributed by atoms with E-state index in [1.54, 1.807) is 25.7 Å². The van der Waals surface area contributed by atoms with E-state index >= 15 is 0 Å². The van der Waals surface area contributed by atoms with Crippen molar-refractivity contribution in [2.75, 3.05) is 27.4 Å². The topological polar surface area (TPSA) is 79.1 Å². The molecular formula is C28H30N2O5S. The second-order valence-corrected chi connectivity index (χ2v) is 9.81. The first-order chi connectivity index (χ1) is 17.3. The summed E-state index contributed by atoms with van der Waals surface area (Å²) in [5.41, 5.74) is 3.55. The van der Waals surface area contributed by atoms with Crippen molar-refractivity contribution >= 4 is 23.4 Å². The lowest BCUT2D eigenvalue weighted by Crippen LogP contribution is -2.40. The Hall–Kier alpha value is -3.49. The van der Waals surface area contributed by atoms with Gasteiger partial charge in [0.2, 0.25) is 0 Å². The Morgan fingerprint density at radius 2 is 1.78 bits per heavy atom. The molecule has 0 fully saturated rings. The summed E-state index contributed by atoms with van der Waals surface area (Å²) in [6.07, 6.45) is 1.83. The fraction of sp³-hybridized carbons (Fsp3) is 0.321. The van der Waals surface area contributed by atoms with Crippen molar-refractivity contribution in [1.82, 2.24) is 4.57 Å². The quantitative estimate of drug-likeness (QED) is 0.345. The monoisotopic (exact) mass is 506 g/mol. The molecule has 2 heterocycles. The van der Waals surface area contributed by atoms with Crippen molar-refractivity contribution in [1.29, 1.82) is 0 Å². The molecule has 1 atom stereocenters. The fourth-order valence-corrected chi connectivity index (χ4v) is 5.15. The zero-order valence-electron chi connectivity index (χ0n) is 21.1. The number of hydrogen-bond donors (Lipinski definition) is 0. The number of ether oxygens (including phenoxy) is 3. The molecule has 0 saturated carbocycles. The van der Waals surface area contributed by atoms with Crippen LogP contribution in [0.25, 0.3) is 6.08 Å². The molecular weight excluding hydrogens is 476 g/mol. The number of allylic oxidation sites excluding steroid dienone is 1. The summed E-state index contributed by atoms with van der Waals surface area (Å²) in [6, 6.07) is 14.9. The first-order valence-corrected chi connectivity index (χ1v) is 12.6. The molecule has 0 radical (unpaired) electrons. The third-order valence-electron chi connectivity index (χ3n) is 6.09. The molecule has 7 nitrogen and oxygen atoms in total. The highest BCUT2D eigenvalue weighted by molar-refractivity contribution is 7.07. The fourth-order valence-electron chi connectivity index (χ4n) is 4.11. The summed E-state index contributed by atoms with van der Waals surface area (Å²) in [5.74, 6) is 0.600. The third kappa shape index (κ3) is 5.20. The summed E-state index contributed by atoms with van der Waals surface area (Å²) in [5, 5.41) is 0. The molecule has 1 aliphatic rings. The molecule has 0 spiro atoms. The maximum atomic E-state index is 13.7. The number of hydrogen-bond acceptors (Lipinski definition) is 7. The van der Waals surface area contributed by atoms with Crippen LogP contribution in [0.15, 0.2) is 69.6 Å². The Morgan fingerprint density at radius 3 is 2.39 bits per heavy atom. The number of fused-ring (bicyclic) bond motifs is 1. The number of benzene rings is 2. The molecule has 0 aliphatic carbocycles. The standard InChI is InChI=1S/C28H30N2O5S/c1-17(2)20-8-10-21(11-9-20)25-24(27(32)35-15-14-33-4)18(3)29-28-30(25)26(31)23(36-28)16-19-6-12-22(34-5)13-7-19/h6-13,16-17,25H,14-15H2,1-5H3. The lowest BCUT2D eigenvalue weighted by molar-refractivity contribution is -0.140. The van der Waals surface area contributed by atoms with Crippen LogP contribution in [-0.2, 0) is 14.3 Å². The molecule has 4 rings (SSSR count). The predicted octanol–water partition coefficient (Wildman–Crippen LogP) is 3.56. The summed E-state index contributed by atoms with van der Waals surface area (Å²) in [7, 11) is 3.16. The normalized spacial score (nSPS) is 15.6. The Bertz CT molecular complexity index is 1450. The number of carbonyl (C=O) groups excluding carboxylic acids is 1. The Balaban J connectivity index is 1.85. The zero-order chi connectivity index (χ0) is 25.8. The van der Waals surface area contributed by atoms with Crippen LogP contribution in [0.5, 0.6) is 5.75 Å². The first kappa shape index (κ1) is 25.6. The number of carbonyl (C=O) groups is 1. The molecule has 0 N–H and O–H groups in total. The molecule has 0 saturated heterocycles. The number of rotatable bonds is 8. The largest absolute Gasteiger partial charge is 0.497 e. The molecule has 3 aromatic rings. The number of thiazole rings is 1.